The molecule has 17 heavy (non-hydrogen) atoms. The van der Waals surface area contributed by atoms with Gasteiger partial charge >= 0.3 is 0 Å². The molecule has 0 aromatic carbocycles. The number of hydrogen-bond donors (Lipinski definition) is 1. The van der Waals surface area contributed by atoms with Gasteiger partial charge < -0.3 is 5.32 Å². The molecule has 0 spiro atoms. The topological polar surface area (TPSA) is 37.8 Å². The van der Waals surface area contributed by atoms with Crippen molar-refractivity contribution in [1.29, 1.82) is 0 Å². The first-order chi connectivity index (χ1) is 8.16. The molecule has 4 heteroatoms. The number of hydrogen-bond acceptors (Lipinski definition) is 4. The Morgan fingerprint density at radius 1 is 1.35 bits per heavy atom. The highest BCUT2D eigenvalue weighted by Crippen LogP contribution is 2.40. The van der Waals surface area contributed by atoms with Crippen molar-refractivity contribution < 1.29 is 0 Å². The maximum Gasteiger partial charge on any atom is 0.131 e. The van der Waals surface area contributed by atoms with Gasteiger partial charge in [0.25, 0.3) is 0 Å². The van der Waals surface area contributed by atoms with E-state index in [-0.39, 0.29) is 0 Å². The number of nitrogens with one attached hydrogen (secondary N) is 1. The van der Waals surface area contributed by atoms with Crippen LogP contribution in [0.25, 0.3) is 0 Å². The molecule has 2 rings (SSSR count). The van der Waals surface area contributed by atoms with E-state index in [0.717, 1.165) is 24.0 Å². The first kappa shape index (κ1) is 13.0. The van der Waals surface area contributed by atoms with Crippen molar-refractivity contribution in [3.05, 3.63) is 10.0 Å². The number of rotatable bonds is 5. The highest BCUT2D eigenvalue weighted by molar-refractivity contribution is 7.11. The summed E-state index contributed by atoms with van der Waals surface area (Å²) in [6, 6.07) is 0. The molecule has 0 saturated heterocycles. The van der Waals surface area contributed by atoms with E-state index in [2.05, 4.69) is 36.3 Å². The van der Waals surface area contributed by atoms with Gasteiger partial charge in [-0.15, -0.1) is 10.2 Å². The predicted molar refractivity (Wildman–Crippen MR) is 72.2 cm³/mol. The molecule has 1 aliphatic carbocycles. The SMILES string of the molecule is CC(C)CNCc1nnc(C2CCCC2C)s1. The van der Waals surface area contributed by atoms with Gasteiger partial charge in [0.05, 0.1) is 0 Å². The van der Waals surface area contributed by atoms with Gasteiger partial charge in [0, 0.05) is 12.5 Å². The zero-order valence-corrected chi connectivity index (χ0v) is 11.9. The van der Waals surface area contributed by atoms with Crippen LogP contribution in [0.15, 0.2) is 0 Å². The predicted octanol–water partition coefficient (Wildman–Crippen LogP) is 3.19. The summed E-state index contributed by atoms with van der Waals surface area (Å²) in [5.74, 6) is 2.16. The Morgan fingerprint density at radius 3 is 2.82 bits per heavy atom. The monoisotopic (exact) mass is 253 g/mol. The van der Waals surface area contributed by atoms with Crippen LogP contribution in [0.3, 0.4) is 0 Å². The van der Waals surface area contributed by atoms with Crippen LogP contribution >= 0.6 is 11.3 Å². The molecule has 1 fully saturated rings. The van der Waals surface area contributed by atoms with Crippen LogP contribution in [-0.2, 0) is 6.54 Å². The summed E-state index contributed by atoms with van der Waals surface area (Å²) in [7, 11) is 0. The largest absolute Gasteiger partial charge is 0.310 e. The third kappa shape index (κ3) is 3.49. The molecule has 96 valence electrons. The minimum absolute atomic E-state index is 0.673. The normalized spacial score (nSPS) is 24.7. The molecule has 1 aromatic heterocycles. The zero-order chi connectivity index (χ0) is 12.3. The first-order valence-corrected chi connectivity index (χ1v) is 7.51. The minimum Gasteiger partial charge on any atom is -0.310 e. The van der Waals surface area contributed by atoms with Crippen LogP contribution in [0.2, 0.25) is 0 Å². The smallest absolute Gasteiger partial charge is 0.131 e. The fourth-order valence-electron chi connectivity index (χ4n) is 2.47. The quantitative estimate of drug-likeness (QED) is 0.875. The Bertz CT molecular complexity index is 348. The third-order valence-corrected chi connectivity index (χ3v) is 4.55. The van der Waals surface area contributed by atoms with Gasteiger partial charge in [-0.25, -0.2) is 0 Å². The van der Waals surface area contributed by atoms with E-state index < -0.39 is 0 Å². The molecule has 1 aliphatic rings. The van der Waals surface area contributed by atoms with E-state index >= 15 is 0 Å². The van der Waals surface area contributed by atoms with Gasteiger partial charge in [0.15, 0.2) is 0 Å². The second-order valence-electron chi connectivity index (χ2n) is 5.57. The highest BCUT2D eigenvalue weighted by Gasteiger charge is 2.27. The number of nitrogens with zero attached hydrogens (tertiary/aromatic N) is 2. The van der Waals surface area contributed by atoms with Gasteiger partial charge in [-0.3, -0.25) is 0 Å². The third-order valence-electron chi connectivity index (χ3n) is 3.49. The summed E-state index contributed by atoms with van der Waals surface area (Å²) < 4.78 is 0. The Hall–Kier alpha value is -0.480. The standard InChI is InChI=1S/C13H23N3S/c1-9(2)7-14-8-12-15-16-13(17-12)11-6-4-5-10(11)3/h9-11,14H,4-8H2,1-3H3. The molecule has 1 N–H and O–H groups in total. The van der Waals surface area contributed by atoms with E-state index in [1.54, 1.807) is 11.3 Å². The molecule has 0 amide bonds. The molecule has 1 saturated carbocycles. The van der Waals surface area contributed by atoms with Gasteiger partial charge in [0.2, 0.25) is 0 Å². The molecule has 0 aliphatic heterocycles. The van der Waals surface area contributed by atoms with Crippen LogP contribution < -0.4 is 5.32 Å². The summed E-state index contributed by atoms with van der Waals surface area (Å²) in [6.45, 7) is 8.71. The highest BCUT2D eigenvalue weighted by atomic mass is 32.1. The van der Waals surface area contributed by atoms with Crippen molar-refractivity contribution in [2.45, 2.75) is 52.5 Å². The Kier molecular flexibility index (Phi) is 4.51. The lowest BCUT2D eigenvalue weighted by molar-refractivity contribution is 0.527. The molecule has 2 atom stereocenters. The lowest BCUT2D eigenvalue weighted by Gasteiger charge is -2.10. The average molecular weight is 253 g/mol. The van der Waals surface area contributed by atoms with Crippen LogP contribution in [0.1, 0.15) is 56.0 Å². The Balaban J connectivity index is 1.87. The fraction of sp³-hybridized carbons (Fsp3) is 0.846. The zero-order valence-electron chi connectivity index (χ0n) is 11.1. The van der Waals surface area contributed by atoms with Crippen LogP contribution in [0.4, 0.5) is 0 Å². The summed E-state index contributed by atoms with van der Waals surface area (Å²) in [6.07, 6.45) is 4.01. The molecule has 3 nitrogen and oxygen atoms in total. The van der Waals surface area contributed by atoms with Gasteiger partial charge in [-0.05, 0) is 24.8 Å². The van der Waals surface area contributed by atoms with Crippen molar-refractivity contribution in [1.82, 2.24) is 15.5 Å². The van der Waals surface area contributed by atoms with E-state index in [1.165, 1.54) is 24.3 Å². The van der Waals surface area contributed by atoms with Crippen molar-refractivity contribution in [3.63, 3.8) is 0 Å². The van der Waals surface area contributed by atoms with Crippen molar-refractivity contribution >= 4 is 11.3 Å². The summed E-state index contributed by atoms with van der Waals surface area (Å²) in [5, 5.41) is 14.5. The van der Waals surface area contributed by atoms with Crippen molar-refractivity contribution in [3.8, 4) is 0 Å². The van der Waals surface area contributed by atoms with Crippen LogP contribution in [-0.4, -0.2) is 16.7 Å². The molecule has 0 bridgehead atoms. The summed E-state index contributed by atoms with van der Waals surface area (Å²) in [5.41, 5.74) is 0. The second kappa shape index (κ2) is 5.91. The van der Waals surface area contributed by atoms with Crippen LogP contribution in [0.5, 0.6) is 0 Å². The minimum atomic E-state index is 0.673. The summed E-state index contributed by atoms with van der Waals surface area (Å²) in [4.78, 5) is 0. The fourth-order valence-corrected chi connectivity index (χ4v) is 3.55. The second-order valence-corrected chi connectivity index (χ2v) is 6.67. The number of aromatic nitrogens is 2. The maximum absolute atomic E-state index is 4.37. The molecule has 1 heterocycles. The summed E-state index contributed by atoms with van der Waals surface area (Å²) >= 11 is 1.80. The van der Waals surface area contributed by atoms with Crippen molar-refractivity contribution in [2.75, 3.05) is 6.54 Å². The molecule has 1 aromatic rings. The van der Waals surface area contributed by atoms with Crippen LogP contribution in [0, 0.1) is 11.8 Å². The van der Waals surface area contributed by atoms with E-state index in [0.29, 0.717) is 11.8 Å². The lowest BCUT2D eigenvalue weighted by Crippen LogP contribution is -2.18. The first-order valence-electron chi connectivity index (χ1n) is 6.69. The molecular formula is C13H23N3S. The molecule has 0 radical (unpaired) electrons. The Morgan fingerprint density at radius 2 is 2.18 bits per heavy atom. The Labute approximate surface area is 108 Å². The van der Waals surface area contributed by atoms with E-state index in [9.17, 15) is 0 Å². The van der Waals surface area contributed by atoms with E-state index in [1.807, 2.05) is 0 Å². The molecule has 2 unspecified atom stereocenters. The molecular weight excluding hydrogens is 230 g/mol. The average Bonchev–Trinajstić information content (AvgIpc) is 2.86. The van der Waals surface area contributed by atoms with Gasteiger partial charge in [-0.2, -0.15) is 0 Å². The van der Waals surface area contributed by atoms with E-state index in [4.69, 9.17) is 0 Å². The lowest BCUT2D eigenvalue weighted by atomic mass is 9.99. The maximum atomic E-state index is 4.37. The van der Waals surface area contributed by atoms with Gasteiger partial charge in [0.1, 0.15) is 10.0 Å². The van der Waals surface area contributed by atoms with Gasteiger partial charge in [-0.1, -0.05) is 44.9 Å². The van der Waals surface area contributed by atoms with Crippen molar-refractivity contribution in [2.24, 2.45) is 11.8 Å².